The van der Waals surface area contributed by atoms with Gasteiger partial charge in [0.25, 0.3) is 0 Å². The summed E-state index contributed by atoms with van der Waals surface area (Å²) in [5, 5.41) is 9.32. The zero-order chi connectivity index (χ0) is 12.2. The first-order valence-electron chi connectivity index (χ1n) is 5.59. The van der Waals surface area contributed by atoms with Crippen molar-refractivity contribution in [3.63, 3.8) is 0 Å². The van der Waals surface area contributed by atoms with E-state index in [1.807, 2.05) is 32.7 Å². The minimum Gasteiger partial charge on any atom is -0.394 e. The molecule has 2 nitrogen and oxygen atoms in total. The Hall–Kier alpha value is -0.670. The van der Waals surface area contributed by atoms with Crippen molar-refractivity contribution in [2.75, 3.05) is 24.3 Å². The van der Waals surface area contributed by atoms with Crippen LogP contribution < -0.4 is 4.90 Å². The molecule has 16 heavy (non-hydrogen) atoms. The van der Waals surface area contributed by atoms with Crippen LogP contribution in [0.1, 0.15) is 20.8 Å². The van der Waals surface area contributed by atoms with E-state index in [0.717, 1.165) is 11.4 Å². The summed E-state index contributed by atoms with van der Waals surface area (Å²) in [7, 11) is 2.01. The van der Waals surface area contributed by atoms with E-state index in [9.17, 15) is 5.11 Å². The lowest BCUT2D eigenvalue weighted by atomic mass is 10.0. The molecule has 0 aliphatic heterocycles. The van der Waals surface area contributed by atoms with Gasteiger partial charge in [0.15, 0.2) is 0 Å². The highest BCUT2D eigenvalue weighted by Gasteiger charge is 2.22. The van der Waals surface area contributed by atoms with Gasteiger partial charge in [-0.2, -0.15) is 0 Å². The van der Waals surface area contributed by atoms with Crippen molar-refractivity contribution >= 4 is 17.4 Å². The Morgan fingerprint density at radius 1 is 1.25 bits per heavy atom. The van der Waals surface area contributed by atoms with Crippen LogP contribution in [0.3, 0.4) is 0 Å². The molecule has 3 heteroatoms. The molecule has 0 saturated heterocycles. The van der Waals surface area contributed by atoms with Crippen LogP contribution in [0.2, 0.25) is 0 Å². The molecule has 0 atom stereocenters. The number of nitrogens with zero attached hydrogens (tertiary/aromatic N) is 1. The van der Waals surface area contributed by atoms with E-state index in [0.29, 0.717) is 0 Å². The first-order chi connectivity index (χ1) is 7.51. The smallest absolute Gasteiger partial charge is 0.0658 e. The highest BCUT2D eigenvalue weighted by atomic mass is 32.2. The third-order valence-electron chi connectivity index (χ3n) is 2.83. The van der Waals surface area contributed by atoms with Crippen molar-refractivity contribution in [1.82, 2.24) is 0 Å². The molecule has 0 saturated carbocycles. The zero-order valence-electron chi connectivity index (χ0n) is 10.5. The summed E-state index contributed by atoms with van der Waals surface area (Å²) in [6.07, 6.45) is 0. The molecule has 90 valence electrons. The summed E-state index contributed by atoms with van der Waals surface area (Å²) in [5.41, 5.74) is 0.916. The van der Waals surface area contributed by atoms with E-state index in [1.165, 1.54) is 4.90 Å². The Labute approximate surface area is 103 Å². The third-order valence-corrected chi connectivity index (χ3v) is 3.72. The fourth-order valence-electron chi connectivity index (χ4n) is 1.39. The number of thioether (sulfide) groups is 1. The van der Waals surface area contributed by atoms with E-state index in [2.05, 4.69) is 36.1 Å². The van der Waals surface area contributed by atoms with Gasteiger partial charge in [-0.3, -0.25) is 0 Å². The molecule has 0 spiro atoms. The van der Waals surface area contributed by atoms with Crippen molar-refractivity contribution in [3.05, 3.63) is 24.3 Å². The van der Waals surface area contributed by atoms with Crippen molar-refractivity contribution in [1.29, 1.82) is 0 Å². The lowest BCUT2D eigenvalue weighted by Crippen LogP contribution is -2.44. The maximum absolute atomic E-state index is 9.32. The van der Waals surface area contributed by atoms with Crippen LogP contribution in [0.4, 0.5) is 5.69 Å². The normalized spacial score (nSPS) is 11.6. The molecule has 0 bridgehead atoms. The van der Waals surface area contributed by atoms with Crippen molar-refractivity contribution < 1.29 is 5.11 Å². The molecule has 0 radical (unpaired) electrons. The third kappa shape index (κ3) is 3.16. The van der Waals surface area contributed by atoms with Crippen LogP contribution in [0.15, 0.2) is 29.2 Å². The fourth-order valence-corrected chi connectivity index (χ4v) is 2.05. The summed E-state index contributed by atoms with van der Waals surface area (Å²) >= 11 is 1.84. The molecular weight excluding hydrogens is 218 g/mol. The Bertz CT molecular complexity index is 321. The average molecular weight is 239 g/mol. The Kier molecular flexibility index (Phi) is 4.69. The van der Waals surface area contributed by atoms with Gasteiger partial charge < -0.3 is 10.0 Å². The highest BCUT2D eigenvalue weighted by Crippen LogP contribution is 2.25. The van der Waals surface area contributed by atoms with Gasteiger partial charge >= 0.3 is 0 Å². The summed E-state index contributed by atoms with van der Waals surface area (Å²) < 4.78 is 0. The fraction of sp³-hybridized carbons (Fsp3) is 0.538. The minimum atomic E-state index is -0.223. The average Bonchev–Trinajstić information content (AvgIpc) is 2.29. The van der Waals surface area contributed by atoms with E-state index in [1.54, 1.807) is 0 Å². The second kappa shape index (κ2) is 5.60. The quantitative estimate of drug-likeness (QED) is 0.799. The number of benzene rings is 1. The molecule has 0 amide bonds. The van der Waals surface area contributed by atoms with E-state index >= 15 is 0 Å². The van der Waals surface area contributed by atoms with Crippen LogP contribution in [0.5, 0.6) is 0 Å². The van der Waals surface area contributed by atoms with E-state index in [4.69, 9.17) is 0 Å². The summed E-state index contributed by atoms with van der Waals surface area (Å²) in [6.45, 7) is 6.36. The number of hydrogen-bond donors (Lipinski definition) is 1. The summed E-state index contributed by atoms with van der Waals surface area (Å²) in [4.78, 5) is 3.40. The van der Waals surface area contributed by atoms with Crippen LogP contribution in [0, 0.1) is 0 Å². The van der Waals surface area contributed by atoms with Crippen LogP contribution in [0.25, 0.3) is 0 Å². The van der Waals surface area contributed by atoms with Crippen molar-refractivity contribution in [3.8, 4) is 0 Å². The number of aliphatic hydroxyl groups excluding tert-OH is 1. The molecular formula is C13H21NOS. The molecule has 0 fully saturated rings. The van der Waals surface area contributed by atoms with Gasteiger partial charge in [0.1, 0.15) is 0 Å². The summed E-state index contributed by atoms with van der Waals surface area (Å²) in [5.74, 6) is 1.09. The maximum atomic E-state index is 9.32. The number of likely N-dealkylation sites (N-methyl/N-ethyl adjacent to an activating group) is 1. The highest BCUT2D eigenvalue weighted by molar-refractivity contribution is 7.99. The lowest BCUT2D eigenvalue weighted by Gasteiger charge is -2.35. The second-order valence-corrected chi connectivity index (χ2v) is 5.79. The van der Waals surface area contributed by atoms with Crippen LogP contribution >= 0.6 is 11.8 Å². The number of anilines is 1. The van der Waals surface area contributed by atoms with Gasteiger partial charge in [-0.25, -0.2) is 0 Å². The zero-order valence-corrected chi connectivity index (χ0v) is 11.3. The van der Waals surface area contributed by atoms with Crippen LogP contribution in [-0.2, 0) is 0 Å². The Morgan fingerprint density at radius 2 is 1.81 bits per heavy atom. The van der Waals surface area contributed by atoms with E-state index in [-0.39, 0.29) is 12.1 Å². The molecule has 0 aromatic heterocycles. The van der Waals surface area contributed by atoms with Gasteiger partial charge in [-0.15, -0.1) is 11.8 Å². The molecule has 0 heterocycles. The Balaban J connectivity index is 2.81. The predicted octanol–water partition coefficient (Wildman–Crippen LogP) is 3.01. The van der Waals surface area contributed by atoms with Gasteiger partial charge in [-0.05, 0) is 43.9 Å². The molecule has 1 aromatic carbocycles. The van der Waals surface area contributed by atoms with Crippen molar-refractivity contribution in [2.45, 2.75) is 31.2 Å². The topological polar surface area (TPSA) is 23.5 Å². The van der Waals surface area contributed by atoms with Gasteiger partial charge in [0, 0.05) is 17.6 Å². The molecule has 1 N–H and O–H groups in total. The van der Waals surface area contributed by atoms with Gasteiger partial charge in [0.05, 0.1) is 12.1 Å². The lowest BCUT2D eigenvalue weighted by molar-refractivity contribution is 0.216. The molecule has 0 unspecified atom stereocenters. The first-order valence-corrected chi connectivity index (χ1v) is 6.57. The number of hydrogen-bond acceptors (Lipinski definition) is 3. The van der Waals surface area contributed by atoms with Gasteiger partial charge in [0.2, 0.25) is 0 Å². The van der Waals surface area contributed by atoms with Crippen molar-refractivity contribution in [2.24, 2.45) is 0 Å². The number of aliphatic hydroxyl groups is 1. The Morgan fingerprint density at radius 3 is 2.25 bits per heavy atom. The second-order valence-electron chi connectivity index (χ2n) is 4.46. The van der Waals surface area contributed by atoms with E-state index < -0.39 is 0 Å². The SMILES string of the molecule is CCSc1ccc(N(C)C(C)(C)CO)cc1. The number of rotatable bonds is 5. The first kappa shape index (κ1) is 13.4. The standard InChI is InChI=1S/C13H21NOS/c1-5-16-12-8-6-11(7-9-12)14(4)13(2,3)10-15/h6-9,15H,5,10H2,1-4H3. The predicted molar refractivity (Wildman–Crippen MR) is 72.4 cm³/mol. The molecule has 1 aromatic rings. The summed E-state index contributed by atoms with van der Waals surface area (Å²) in [6, 6.07) is 8.48. The van der Waals surface area contributed by atoms with Gasteiger partial charge in [-0.1, -0.05) is 6.92 Å². The minimum absolute atomic E-state index is 0.148. The monoisotopic (exact) mass is 239 g/mol. The molecule has 0 aliphatic rings. The largest absolute Gasteiger partial charge is 0.394 e. The maximum Gasteiger partial charge on any atom is 0.0658 e. The molecule has 0 aliphatic carbocycles. The van der Waals surface area contributed by atoms with Crippen LogP contribution in [-0.4, -0.2) is 30.1 Å². The molecule has 1 rings (SSSR count).